The molecule has 0 unspecified atom stereocenters. The summed E-state index contributed by atoms with van der Waals surface area (Å²) < 4.78 is 6.39. The highest BCUT2D eigenvalue weighted by atomic mass is 35.5. The van der Waals surface area contributed by atoms with E-state index < -0.39 is 0 Å². The standard InChI is InChI=1S/C18H16ClNO2S/c1-11(12-6-4-3-5-7-12)20-18(21)17-16(22-2)14-9-8-13(19)10-15(14)23-17/h3-11H,1-2H3,(H,20,21)/t11-/m0/s1. The Kier molecular flexibility index (Phi) is 4.55. The molecular weight excluding hydrogens is 330 g/mol. The SMILES string of the molecule is COc1c(C(=O)N[C@@H](C)c2ccccc2)sc2cc(Cl)ccc12. The highest BCUT2D eigenvalue weighted by Gasteiger charge is 2.21. The monoisotopic (exact) mass is 345 g/mol. The van der Waals surface area contributed by atoms with Gasteiger partial charge in [-0.1, -0.05) is 41.9 Å². The van der Waals surface area contributed by atoms with Crippen LogP contribution in [0.5, 0.6) is 5.75 Å². The molecule has 3 rings (SSSR count). The van der Waals surface area contributed by atoms with Crippen molar-refractivity contribution in [1.82, 2.24) is 5.32 Å². The molecule has 0 aliphatic heterocycles. The second-order valence-electron chi connectivity index (χ2n) is 5.21. The molecule has 1 aromatic heterocycles. The van der Waals surface area contributed by atoms with Crippen LogP contribution in [0.15, 0.2) is 48.5 Å². The largest absolute Gasteiger partial charge is 0.494 e. The van der Waals surface area contributed by atoms with Crippen LogP contribution in [0.3, 0.4) is 0 Å². The summed E-state index contributed by atoms with van der Waals surface area (Å²) in [5, 5.41) is 4.57. The Labute approximate surface area is 143 Å². The van der Waals surface area contributed by atoms with E-state index in [0.29, 0.717) is 15.6 Å². The van der Waals surface area contributed by atoms with Crippen molar-refractivity contribution in [2.45, 2.75) is 13.0 Å². The summed E-state index contributed by atoms with van der Waals surface area (Å²) in [6.07, 6.45) is 0. The molecule has 2 aromatic carbocycles. The quantitative estimate of drug-likeness (QED) is 0.718. The van der Waals surface area contributed by atoms with Crippen molar-refractivity contribution < 1.29 is 9.53 Å². The van der Waals surface area contributed by atoms with Crippen LogP contribution in [0, 0.1) is 0 Å². The number of methoxy groups -OCH3 is 1. The third-order valence-electron chi connectivity index (χ3n) is 3.66. The van der Waals surface area contributed by atoms with Gasteiger partial charge in [0.1, 0.15) is 10.6 Å². The van der Waals surface area contributed by atoms with Crippen LogP contribution in [0.2, 0.25) is 5.02 Å². The maximum Gasteiger partial charge on any atom is 0.265 e. The summed E-state index contributed by atoms with van der Waals surface area (Å²) in [5.41, 5.74) is 1.06. The van der Waals surface area contributed by atoms with Gasteiger partial charge in [0.25, 0.3) is 5.91 Å². The number of carbonyl (C=O) groups is 1. The van der Waals surface area contributed by atoms with Gasteiger partial charge in [-0.25, -0.2) is 0 Å². The first-order chi connectivity index (χ1) is 11.1. The molecule has 0 aliphatic carbocycles. The Morgan fingerprint density at radius 2 is 1.96 bits per heavy atom. The molecule has 0 fully saturated rings. The lowest BCUT2D eigenvalue weighted by molar-refractivity contribution is 0.0941. The van der Waals surface area contributed by atoms with E-state index in [1.54, 1.807) is 13.2 Å². The Morgan fingerprint density at radius 1 is 1.22 bits per heavy atom. The predicted molar refractivity (Wildman–Crippen MR) is 95.7 cm³/mol. The van der Waals surface area contributed by atoms with E-state index in [-0.39, 0.29) is 11.9 Å². The van der Waals surface area contributed by atoms with E-state index >= 15 is 0 Å². The van der Waals surface area contributed by atoms with Gasteiger partial charge in [0.15, 0.2) is 0 Å². The molecule has 3 aromatic rings. The average Bonchev–Trinajstić information content (AvgIpc) is 2.93. The maximum atomic E-state index is 12.6. The molecule has 0 saturated heterocycles. The Bertz CT molecular complexity index is 845. The van der Waals surface area contributed by atoms with Crippen LogP contribution < -0.4 is 10.1 Å². The minimum Gasteiger partial charge on any atom is -0.494 e. The normalized spacial score (nSPS) is 12.1. The maximum absolute atomic E-state index is 12.6. The molecule has 3 nitrogen and oxygen atoms in total. The predicted octanol–water partition coefficient (Wildman–Crippen LogP) is 5.05. The Balaban J connectivity index is 1.91. The molecule has 23 heavy (non-hydrogen) atoms. The van der Waals surface area contributed by atoms with E-state index in [1.807, 2.05) is 49.4 Å². The van der Waals surface area contributed by atoms with Gasteiger partial charge in [-0.05, 0) is 30.7 Å². The number of halogens is 1. The Morgan fingerprint density at radius 3 is 2.65 bits per heavy atom. The molecule has 118 valence electrons. The minimum atomic E-state index is -0.143. The number of nitrogens with one attached hydrogen (secondary N) is 1. The highest BCUT2D eigenvalue weighted by molar-refractivity contribution is 7.21. The summed E-state index contributed by atoms with van der Waals surface area (Å²) in [7, 11) is 1.58. The lowest BCUT2D eigenvalue weighted by Gasteiger charge is -2.14. The van der Waals surface area contributed by atoms with Crippen LogP contribution in [-0.2, 0) is 0 Å². The zero-order chi connectivity index (χ0) is 16.4. The number of benzene rings is 2. The van der Waals surface area contributed by atoms with Crippen LogP contribution in [0.1, 0.15) is 28.2 Å². The van der Waals surface area contributed by atoms with E-state index in [2.05, 4.69) is 5.32 Å². The van der Waals surface area contributed by atoms with E-state index in [9.17, 15) is 4.79 Å². The lowest BCUT2D eigenvalue weighted by Crippen LogP contribution is -2.26. The molecule has 0 spiro atoms. The van der Waals surface area contributed by atoms with Crippen LogP contribution in [0.4, 0.5) is 0 Å². The van der Waals surface area contributed by atoms with Gasteiger partial charge in [-0.15, -0.1) is 11.3 Å². The molecule has 1 N–H and O–H groups in total. The van der Waals surface area contributed by atoms with Gasteiger partial charge < -0.3 is 10.1 Å². The zero-order valence-corrected chi connectivity index (χ0v) is 14.4. The third-order valence-corrected chi connectivity index (χ3v) is 5.03. The fraction of sp³-hybridized carbons (Fsp3) is 0.167. The van der Waals surface area contributed by atoms with Gasteiger partial charge in [-0.2, -0.15) is 0 Å². The van der Waals surface area contributed by atoms with Crippen molar-refractivity contribution in [1.29, 1.82) is 0 Å². The fourth-order valence-electron chi connectivity index (χ4n) is 2.49. The number of amides is 1. The summed E-state index contributed by atoms with van der Waals surface area (Å²) in [6.45, 7) is 1.96. The van der Waals surface area contributed by atoms with Crippen molar-refractivity contribution in [3.05, 3.63) is 64.0 Å². The molecule has 1 amide bonds. The number of carbonyl (C=O) groups excluding carboxylic acids is 1. The van der Waals surface area contributed by atoms with Crippen LogP contribution >= 0.6 is 22.9 Å². The van der Waals surface area contributed by atoms with Crippen molar-refractivity contribution in [2.75, 3.05) is 7.11 Å². The van der Waals surface area contributed by atoms with Gasteiger partial charge in [-0.3, -0.25) is 4.79 Å². The number of thiophene rings is 1. The molecule has 0 saturated carbocycles. The summed E-state index contributed by atoms with van der Waals surface area (Å²) in [4.78, 5) is 13.2. The van der Waals surface area contributed by atoms with Gasteiger partial charge in [0, 0.05) is 15.1 Å². The van der Waals surface area contributed by atoms with Crippen molar-refractivity contribution in [3.63, 3.8) is 0 Å². The van der Waals surface area contributed by atoms with E-state index in [1.165, 1.54) is 11.3 Å². The zero-order valence-electron chi connectivity index (χ0n) is 12.8. The number of hydrogen-bond donors (Lipinski definition) is 1. The highest BCUT2D eigenvalue weighted by Crippen LogP contribution is 2.39. The number of hydrogen-bond acceptors (Lipinski definition) is 3. The van der Waals surface area contributed by atoms with Crippen molar-refractivity contribution in [2.24, 2.45) is 0 Å². The van der Waals surface area contributed by atoms with E-state index in [4.69, 9.17) is 16.3 Å². The molecule has 0 radical (unpaired) electrons. The first-order valence-corrected chi connectivity index (χ1v) is 8.41. The van der Waals surface area contributed by atoms with Crippen molar-refractivity contribution in [3.8, 4) is 5.75 Å². The molecule has 5 heteroatoms. The number of fused-ring (bicyclic) bond motifs is 1. The van der Waals surface area contributed by atoms with Gasteiger partial charge in [0.2, 0.25) is 0 Å². The average molecular weight is 346 g/mol. The molecule has 0 bridgehead atoms. The van der Waals surface area contributed by atoms with Gasteiger partial charge >= 0.3 is 0 Å². The molecule has 1 heterocycles. The van der Waals surface area contributed by atoms with Crippen LogP contribution in [-0.4, -0.2) is 13.0 Å². The fourth-order valence-corrected chi connectivity index (χ4v) is 3.84. The van der Waals surface area contributed by atoms with Crippen LogP contribution in [0.25, 0.3) is 10.1 Å². The molecule has 0 aliphatic rings. The summed E-state index contributed by atoms with van der Waals surface area (Å²) >= 11 is 7.42. The minimum absolute atomic E-state index is 0.0813. The number of rotatable bonds is 4. The third kappa shape index (κ3) is 3.19. The first kappa shape index (κ1) is 15.8. The Hall–Kier alpha value is -2.04. The molecular formula is C18H16ClNO2S. The summed E-state index contributed by atoms with van der Waals surface area (Å²) in [6, 6.07) is 15.3. The molecule has 1 atom stereocenters. The van der Waals surface area contributed by atoms with E-state index in [0.717, 1.165) is 15.6 Å². The topological polar surface area (TPSA) is 38.3 Å². The second-order valence-corrected chi connectivity index (χ2v) is 6.70. The second kappa shape index (κ2) is 6.60. The van der Waals surface area contributed by atoms with Gasteiger partial charge in [0.05, 0.1) is 13.2 Å². The lowest BCUT2D eigenvalue weighted by atomic mass is 10.1. The first-order valence-electron chi connectivity index (χ1n) is 7.22. The smallest absolute Gasteiger partial charge is 0.265 e. The number of ether oxygens (including phenoxy) is 1. The summed E-state index contributed by atoms with van der Waals surface area (Å²) in [5.74, 6) is 0.454. The van der Waals surface area contributed by atoms with Crippen molar-refractivity contribution >= 4 is 38.9 Å².